The molecule has 1 atom stereocenters. The molecule has 7 heteroatoms. The molecule has 1 aromatic rings. The molecule has 1 saturated heterocycles. The van der Waals surface area contributed by atoms with Gasteiger partial charge in [0.2, 0.25) is 10.0 Å². The highest BCUT2D eigenvalue weighted by molar-refractivity contribution is 7.89. The first-order valence-corrected chi connectivity index (χ1v) is 7.50. The van der Waals surface area contributed by atoms with Crippen LogP contribution in [0.1, 0.15) is 18.4 Å². The highest BCUT2D eigenvalue weighted by Gasteiger charge is 2.36. The van der Waals surface area contributed by atoms with Crippen LogP contribution < -0.4 is 5.73 Å². The van der Waals surface area contributed by atoms with E-state index in [9.17, 15) is 17.9 Å². The molecule has 0 aliphatic carbocycles. The van der Waals surface area contributed by atoms with Crippen LogP contribution in [-0.2, 0) is 10.0 Å². The molecular weight excluding hydrogens is 271 g/mol. The van der Waals surface area contributed by atoms with Crippen LogP contribution in [-0.4, -0.2) is 37.0 Å². The third-order valence-electron chi connectivity index (χ3n) is 3.36. The summed E-state index contributed by atoms with van der Waals surface area (Å²) in [6, 6.07) is 2.04. The van der Waals surface area contributed by atoms with Crippen molar-refractivity contribution in [3.63, 3.8) is 0 Å². The van der Waals surface area contributed by atoms with Gasteiger partial charge in [0.05, 0.1) is 6.61 Å². The SMILES string of the molecule is Cc1cc(N)cc(S(=O)(=O)N2CCC[C@H]2CO)c1F. The summed E-state index contributed by atoms with van der Waals surface area (Å²) in [4.78, 5) is -0.412. The van der Waals surface area contributed by atoms with E-state index in [-0.39, 0.29) is 17.9 Å². The fourth-order valence-electron chi connectivity index (χ4n) is 2.39. The first-order chi connectivity index (χ1) is 8.87. The molecule has 1 heterocycles. The molecule has 1 fully saturated rings. The zero-order valence-corrected chi connectivity index (χ0v) is 11.5. The standard InChI is InChI=1S/C12H17FN2O3S/c1-8-5-9(14)6-11(12(8)13)19(17,18)15-4-2-3-10(15)7-16/h5-6,10,16H,2-4,7,14H2,1H3/t10-/m0/s1. The van der Waals surface area contributed by atoms with E-state index in [4.69, 9.17) is 5.73 Å². The van der Waals surface area contributed by atoms with Gasteiger partial charge in [-0.1, -0.05) is 0 Å². The lowest BCUT2D eigenvalue weighted by atomic mass is 10.2. The summed E-state index contributed by atoms with van der Waals surface area (Å²) in [6.45, 7) is 1.50. The highest BCUT2D eigenvalue weighted by atomic mass is 32.2. The summed E-state index contributed by atoms with van der Waals surface area (Å²) in [5.74, 6) is -0.780. The molecule has 0 unspecified atom stereocenters. The van der Waals surface area contributed by atoms with Crippen molar-refractivity contribution >= 4 is 15.7 Å². The van der Waals surface area contributed by atoms with Crippen molar-refractivity contribution in [2.45, 2.75) is 30.7 Å². The first kappa shape index (κ1) is 14.2. The number of hydrogen-bond acceptors (Lipinski definition) is 4. The van der Waals surface area contributed by atoms with Gasteiger partial charge in [-0.2, -0.15) is 4.31 Å². The maximum atomic E-state index is 14.0. The minimum atomic E-state index is -3.96. The van der Waals surface area contributed by atoms with Crippen molar-refractivity contribution in [2.75, 3.05) is 18.9 Å². The molecule has 2 rings (SSSR count). The summed E-state index contributed by atoms with van der Waals surface area (Å²) >= 11 is 0. The van der Waals surface area contributed by atoms with Crippen LogP contribution in [0.3, 0.4) is 0 Å². The smallest absolute Gasteiger partial charge is 0.246 e. The van der Waals surface area contributed by atoms with Crippen molar-refractivity contribution in [3.05, 3.63) is 23.5 Å². The van der Waals surface area contributed by atoms with Crippen LogP contribution in [0.2, 0.25) is 0 Å². The molecule has 0 amide bonds. The van der Waals surface area contributed by atoms with Gasteiger partial charge >= 0.3 is 0 Å². The Morgan fingerprint density at radius 1 is 1.53 bits per heavy atom. The molecule has 0 spiro atoms. The summed E-state index contributed by atoms with van der Waals surface area (Å²) < 4.78 is 40.1. The van der Waals surface area contributed by atoms with E-state index >= 15 is 0 Å². The molecule has 0 saturated carbocycles. The summed E-state index contributed by atoms with van der Waals surface area (Å²) in [6.07, 6.45) is 1.24. The zero-order valence-electron chi connectivity index (χ0n) is 10.6. The number of nitrogen functional groups attached to an aromatic ring is 1. The second-order valence-electron chi connectivity index (χ2n) is 4.74. The van der Waals surface area contributed by atoms with Gasteiger partial charge < -0.3 is 10.8 Å². The van der Waals surface area contributed by atoms with Crippen LogP contribution >= 0.6 is 0 Å². The minimum absolute atomic E-state index is 0.193. The number of rotatable bonds is 3. The maximum Gasteiger partial charge on any atom is 0.246 e. The number of benzene rings is 1. The van der Waals surface area contributed by atoms with Gasteiger partial charge in [0.25, 0.3) is 0 Å². The molecule has 5 nitrogen and oxygen atoms in total. The molecule has 0 bridgehead atoms. The number of aliphatic hydroxyl groups excluding tert-OH is 1. The molecule has 0 aromatic heterocycles. The predicted octanol–water partition coefficient (Wildman–Crippen LogP) is 0.862. The van der Waals surface area contributed by atoms with E-state index in [0.717, 1.165) is 10.4 Å². The number of sulfonamides is 1. The molecule has 1 aromatic carbocycles. The fourth-order valence-corrected chi connectivity index (χ4v) is 4.25. The molecule has 3 N–H and O–H groups in total. The Balaban J connectivity index is 2.51. The van der Waals surface area contributed by atoms with Crippen molar-refractivity contribution in [1.29, 1.82) is 0 Å². The summed E-state index contributed by atoms with van der Waals surface area (Å²) in [5, 5.41) is 9.20. The van der Waals surface area contributed by atoms with E-state index in [0.29, 0.717) is 19.4 Å². The van der Waals surface area contributed by atoms with Gasteiger partial charge in [0.15, 0.2) is 0 Å². The average molecular weight is 288 g/mol. The third kappa shape index (κ3) is 2.45. The minimum Gasteiger partial charge on any atom is -0.399 e. The second kappa shape index (κ2) is 5.07. The highest BCUT2D eigenvalue weighted by Crippen LogP contribution is 2.29. The van der Waals surface area contributed by atoms with Crippen molar-refractivity contribution in [1.82, 2.24) is 4.31 Å². The fraction of sp³-hybridized carbons (Fsp3) is 0.500. The molecule has 106 valence electrons. The van der Waals surface area contributed by atoms with Gasteiger partial charge in [-0.05, 0) is 37.5 Å². The molecular formula is C12H17FN2O3S. The van der Waals surface area contributed by atoms with E-state index in [1.807, 2.05) is 0 Å². The van der Waals surface area contributed by atoms with Crippen molar-refractivity contribution in [3.8, 4) is 0 Å². The zero-order chi connectivity index (χ0) is 14.2. The van der Waals surface area contributed by atoms with Crippen LogP contribution in [0.4, 0.5) is 10.1 Å². The Morgan fingerprint density at radius 3 is 2.84 bits per heavy atom. The Morgan fingerprint density at radius 2 is 2.21 bits per heavy atom. The third-order valence-corrected chi connectivity index (χ3v) is 5.32. The van der Waals surface area contributed by atoms with Crippen LogP contribution in [0.5, 0.6) is 0 Å². The van der Waals surface area contributed by atoms with Gasteiger partial charge in [0.1, 0.15) is 10.7 Å². The van der Waals surface area contributed by atoms with Crippen LogP contribution in [0.15, 0.2) is 17.0 Å². The molecule has 1 aliphatic heterocycles. The Bertz CT molecular complexity index is 589. The lowest BCUT2D eigenvalue weighted by molar-refractivity contribution is 0.213. The number of aliphatic hydroxyl groups is 1. The van der Waals surface area contributed by atoms with Gasteiger partial charge in [0, 0.05) is 18.3 Å². The quantitative estimate of drug-likeness (QED) is 0.808. The Hall–Kier alpha value is -1.18. The lowest BCUT2D eigenvalue weighted by Gasteiger charge is -2.23. The molecule has 0 radical (unpaired) electrons. The van der Waals surface area contributed by atoms with E-state index in [1.54, 1.807) is 0 Å². The molecule has 1 aliphatic rings. The monoisotopic (exact) mass is 288 g/mol. The van der Waals surface area contributed by atoms with Gasteiger partial charge in [-0.15, -0.1) is 0 Å². The topological polar surface area (TPSA) is 83.6 Å². The number of nitrogens with zero attached hydrogens (tertiary/aromatic N) is 1. The second-order valence-corrected chi connectivity index (χ2v) is 6.60. The predicted molar refractivity (Wildman–Crippen MR) is 69.5 cm³/mol. The average Bonchev–Trinajstić information content (AvgIpc) is 2.82. The number of nitrogens with two attached hydrogens (primary N) is 1. The van der Waals surface area contributed by atoms with Crippen LogP contribution in [0, 0.1) is 12.7 Å². The van der Waals surface area contributed by atoms with Gasteiger partial charge in [-0.25, -0.2) is 12.8 Å². The van der Waals surface area contributed by atoms with Crippen molar-refractivity contribution in [2.24, 2.45) is 0 Å². The summed E-state index contributed by atoms with van der Waals surface area (Å²) in [7, 11) is -3.96. The van der Waals surface area contributed by atoms with Crippen molar-refractivity contribution < 1.29 is 17.9 Å². The van der Waals surface area contributed by atoms with E-state index < -0.39 is 26.8 Å². The lowest BCUT2D eigenvalue weighted by Crippen LogP contribution is -2.38. The largest absolute Gasteiger partial charge is 0.399 e. The van der Waals surface area contributed by atoms with Crippen LogP contribution in [0.25, 0.3) is 0 Å². The van der Waals surface area contributed by atoms with E-state index in [1.165, 1.54) is 13.0 Å². The summed E-state index contributed by atoms with van der Waals surface area (Å²) in [5.41, 5.74) is 5.99. The Kier molecular flexibility index (Phi) is 3.80. The van der Waals surface area contributed by atoms with Gasteiger partial charge in [-0.3, -0.25) is 0 Å². The molecule has 19 heavy (non-hydrogen) atoms. The number of halogens is 1. The maximum absolute atomic E-state index is 14.0. The Labute approximate surface area is 111 Å². The first-order valence-electron chi connectivity index (χ1n) is 6.06. The number of anilines is 1. The normalized spacial score (nSPS) is 20.9. The number of hydrogen-bond donors (Lipinski definition) is 2. The van der Waals surface area contributed by atoms with E-state index in [2.05, 4.69) is 0 Å². The number of aryl methyl sites for hydroxylation is 1.